The standard InChI is InChI=1S/C25H25NO4/c1-26-13-12-25-17-9-11-20(29-24(27)15-6-4-3-5-7-15)23(25)30-22-19(28-2)10-8-16(21(22)25)14-18(17)26/h3-8,10-11,17-18,23H,9,12-14H2,1-2H3/t17?,18?,23-,25?/m0/s1. The molecule has 5 heteroatoms. The van der Waals surface area contributed by atoms with Gasteiger partial charge in [0.1, 0.15) is 5.76 Å². The molecule has 2 bridgehead atoms. The number of nitrogens with zero attached hydrogens (tertiary/aromatic N) is 1. The fraction of sp³-hybridized carbons (Fsp3) is 0.400. The summed E-state index contributed by atoms with van der Waals surface area (Å²) >= 11 is 0. The van der Waals surface area contributed by atoms with Crippen molar-refractivity contribution in [2.24, 2.45) is 5.92 Å². The number of ether oxygens (including phenoxy) is 3. The van der Waals surface area contributed by atoms with Gasteiger partial charge in [0.2, 0.25) is 0 Å². The number of hydrogen-bond donors (Lipinski definition) is 0. The fourth-order valence-electron chi connectivity index (χ4n) is 6.30. The van der Waals surface area contributed by atoms with Gasteiger partial charge in [0.25, 0.3) is 0 Å². The summed E-state index contributed by atoms with van der Waals surface area (Å²) in [6, 6.07) is 13.8. The van der Waals surface area contributed by atoms with E-state index in [9.17, 15) is 4.79 Å². The number of allylic oxidation sites excluding steroid dienone is 1. The van der Waals surface area contributed by atoms with E-state index >= 15 is 0 Å². The van der Waals surface area contributed by atoms with Crippen LogP contribution in [0.3, 0.4) is 0 Å². The zero-order valence-electron chi connectivity index (χ0n) is 17.3. The number of esters is 1. The number of likely N-dealkylation sites (N-methyl/N-ethyl adjacent to an activating group) is 1. The number of methoxy groups -OCH3 is 1. The Morgan fingerprint density at radius 3 is 2.83 bits per heavy atom. The van der Waals surface area contributed by atoms with Crippen molar-refractivity contribution in [3.63, 3.8) is 0 Å². The molecule has 2 aliphatic carbocycles. The lowest BCUT2D eigenvalue weighted by atomic mass is 9.53. The first kappa shape index (κ1) is 18.0. The molecule has 3 unspecified atom stereocenters. The monoisotopic (exact) mass is 403 g/mol. The summed E-state index contributed by atoms with van der Waals surface area (Å²) in [6.07, 6.45) is 4.71. The van der Waals surface area contributed by atoms with Crippen LogP contribution in [0.25, 0.3) is 0 Å². The van der Waals surface area contributed by atoms with Crippen molar-refractivity contribution < 1.29 is 19.0 Å². The summed E-state index contributed by atoms with van der Waals surface area (Å²) in [5.41, 5.74) is 3.03. The van der Waals surface area contributed by atoms with E-state index < -0.39 is 0 Å². The molecule has 0 amide bonds. The number of piperidine rings is 1. The van der Waals surface area contributed by atoms with Gasteiger partial charge in [0, 0.05) is 17.0 Å². The predicted molar refractivity (Wildman–Crippen MR) is 112 cm³/mol. The molecule has 6 rings (SSSR count). The summed E-state index contributed by atoms with van der Waals surface area (Å²) in [7, 11) is 3.91. The highest BCUT2D eigenvalue weighted by molar-refractivity contribution is 5.90. The number of benzene rings is 2. The molecule has 0 aromatic heterocycles. The maximum atomic E-state index is 12.8. The molecule has 5 nitrogen and oxygen atoms in total. The zero-order chi connectivity index (χ0) is 20.5. The molecule has 2 heterocycles. The van der Waals surface area contributed by atoms with Crippen molar-refractivity contribution in [1.82, 2.24) is 4.90 Å². The van der Waals surface area contributed by atoms with E-state index in [0.29, 0.717) is 23.3 Å². The van der Waals surface area contributed by atoms with Gasteiger partial charge in [-0.25, -0.2) is 4.79 Å². The van der Waals surface area contributed by atoms with Gasteiger partial charge < -0.3 is 19.1 Å². The first-order chi connectivity index (χ1) is 14.6. The van der Waals surface area contributed by atoms with E-state index in [1.807, 2.05) is 24.3 Å². The highest BCUT2D eigenvalue weighted by Gasteiger charge is 2.64. The van der Waals surface area contributed by atoms with Crippen molar-refractivity contribution in [3.05, 3.63) is 71.0 Å². The second-order valence-electron chi connectivity index (χ2n) is 8.88. The molecular formula is C25H25NO4. The Hall–Kier alpha value is -2.79. The highest BCUT2D eigenvalue weighted by Crippen LogP contribution is 2.63. The van der Waals surface area contributed by atoms with Crippen molar-refractivity contribution in [1.29, 1.82) is 0 Å². The molecule has 1 spiro atoms. The Balaban J connectivity index is 1.46. The maximum absolute atomic E-state index is 12.8. The largest absolute Gasteiger partial charge is 0.493 e. The smallest absolute Gasteiger partial charge is 0.343 e. The SMILES string of the molecule is COc1ccc2c3c1O[C@H]1C(OC(=O)c4ccccc4)=CCC4C(C2)N(C)CCC341. The minimum atomic E-state index is -0.330. The van der Waals surface area contributed by atoms with Gasteiger partial charge in [0.15, 0.2) is 17.6 Å². The normalized spacial score (nSPS) is 30.7. The van der Waals surface area contributed by atoms with Gasteiger partial charge in [-0.3, -0.25) is 0 Å². The molecule has 154 valence electrons. The lowest BCUT2D eigenvalue weighted by molar-refractivity contribution is -0.0272. The van der Waals surface area contributed by atoms with Crippen molar-refractivity contribution in [2.45, 2.75) is 36.8 Å². The van der Waals surface area contributed by atoms with Crippen LogP contribution in [0.2, 0.25) is 0 Å². The van der Waals surface area contributed by atoms with E-state index in [1.165, 1.54) is 11.1 Å². The molecule has 2 aliphatic heterocycles. The third-order valence-electron chi connectivity index (χ3n) is 7.65. The van der Waals surface area contributed by atoms with Gasteiger partial charge >= 0.3 is 5.97 Å². The third kappa shape index (κ3) is 2.24. The molecule has 0 N–H and O–H groups in total. The summed E-state index contributed by atoms with van der Waals surface area (Å²) < 4.78 is 18.2. The van der Waals surface area contributed by atoms with E-state index in [-0.39, 0.29) is 17.5 Å². The van der Waals surface area contributed by atoms with Gasteiger partial charge in [-0.2, -0.15) is 0 Å². The van der Waals surface area contributed by atoms with Crippen LogP contribution in [0.15, 0.2) is 54.3 Å². The van der Waals surface area contributed by atoms with Crippen molar-refractivity contribution >= 4 is 5.97 Å². The minimum Gasteiger partial charge on any atom is -0.493 e. The Labute approximate surface area is 176 Å². The predicted octanol–water partition coefficient (Wildman–Crippen LogP) is 3.72. The number of likely N-dealkylation sites (tertiary alicyclic amines) is 1. The van der Waals surface area contributed by atoms with Gasteiger partial charge in [-0.1, -0.05) is 24.3 Å². The minimum absolute atomic E-state index is 0.157. The van der Waals surface area contributed by atoms with E-state index in [2.05, 4.69) is 24.1 Å². The summed E-state index contributed by atoms with van der Waals surface area (Å²) in [6.45, 7) is 1.01. The second kappa shape index (κ2) is 6.35. The van der Waals surface area contributed by atoms with Crippen molar-refractivity contribution in [3.8, 4) is 11.5 Å². The molecule has 1 saturated heterocycles. The van der Waals surface area contributed by atoms with E-state index in [0.717, 1.165) is 37.3 Å². The molecule has 0 radical (unpaired) electrons. The molecule has 0 saturated carbocycles. The molecule has 4 aliphatic rings. The molecule has 2 aromatic rings. The molecular weight excluding hydrogens is 378 g/mol. The fourth-order valence-corrected chi connectivity index (χ4v) is 6.30. The van der Waals surface area contributed by atoms with E-state index in [4.69, 9.17) is 14.2 Å². The highest BCUT2D eigenvalue weighted by atomic mass is 16.6. The molecule has 2 aromatic carbocycles. The lowest BCUT2D eigenvalue weighted by Gasteiger charge is -2.56. The van der Waals surface area contributed by atoms with Crippen LogP contribution in [0, 0.1) is 5.92 Å². The number of hydrogen-bond acceptors (Lipinski definition) is 5. The summed E-state index contributed by atoms with van der Waals surface area (Å²) in [5, 5.41) is 0. The van der Waals surface area contributed by atoms with Crippen LogP contribution < -0.4 is 9.47 Å². The summed E-state index contributed by atoms with van der Waals surface area (Å²) in [4.78, 5) is 15.3. The van der Waals surface area contributed by atoms with Gasteiger partial charge in [0.05, 0.1) is 12.7 Å². The Morgan fingerprint density at radius 2 is 2.03 bits per heavy atom. The first-order valence-corrected chi connectivity index (χ1v) is 10.7. The average molecular weight is 403 g/mol. The zero-order valence-corrected chi connectivity index (χ0v) is 17.3. The lowest BCUT2D eigenvalue weighted by Crippen LogP contribution is -2.63. The van der Waals surface area contributed by atoms with Crippen LogP contribution in [-0.2, 0) is 16.6 Å². The molecule has 4 atom stereocenters. The van der Waals surface area contributed by atoms with E-state index in [1.54, 1.807) is 19.2 Å². The number of carbonyl (C=O) groups excluding carboxylic acids is 1. The topological polar surface area (TPSA) is 48.0 Å². The van der Waals surface area contributed by atoms with Crippen LogP contribution in [0.4, 0.5) is 0 Å². The van der Waals surface area contributed by atoms with Crippen LogP contribution in [0.5, 0.6) is 11.5 Å². The second-order valence-corrected chi connectivity index (χ2v) is 8.88. The Kier molecular flexibility index (Phi) is 3.81. The van der Waals surface area contributed by atoms with Crippen LogP contribution in [0.1, 0.15) is 34.3 Å². The van der Waals surface area contributed by atoms with Gasteiger partial charge in [-0.15, -0.1) is 0 Å². The quantitative estimate of drug-likeness (QED) is 0.731. The molecule has 30 heavy (non-hydrogen) atoms. The Morgan fingerprint density at radius 1 is 1.20 bits per heavy atom. The van der Waals surface area contributed by atoms with Gasteiger partial charge in [-0.05, 0) is 68.6 Å². The average Bonchev–Trinajstić information content (AvgIpc) is 3.13. The Bertz CT molecular complexity index is 1060. The van der Waals surface area contributed by atoms with Crippen LogP contribution >= 0.6 is 0 Å². The number of carbonyl (C=O) groups is 1. The third-order valence-corrected chi connectivity index (χ3v) is 7.65. The molecule has 1 fully saturated rings. The van der Waals surface area contributed by atoms with Crippen LogP contribution in [-0.4, -0.2) is 43.7 Å². The maximum Gasteiger partial charge on any atom is 0.343 e. The summed E-state index contributed by atoms with van der Waals surface area (Å²) in [5.74, 6) is 2.37. The van der Waals surface area contributed by atoms with Crippen molar-refractivity contribution in [2.75, 3.05) is 20.7 Å². The number of rotatable bonds is 3. The first-order valence-electron chi connectivity index (χ1n) is 10.7.